The molecule has 0 aliphatic rings. The molecule has 0 nitrogen and oxygen atoms in total. The fraction of sp³-hybridized carbons (Fsp3) is 1.00. The predicted octanol–water partition coefficient (Wildman–Crippen LogP) is 5.89. The number of thioether (sulfide) groups is 4. The van der Waals surface area contributed by atoms with Gasteiger partial charge in [0.05, 0.1) is 4.58 Å². The molecule has 0 bridgehead atoms. The highest BCUT2D eigenvalue weighted by Gasteiger charge is 2.22. The van der Waals surface area contributed by atoms with E-state index in [2.05, 4.69) is 97.6 Å². The van der Waals surface area contributed by atoms with Crippen molar-refractivity contribution < 1.29 is 0 Å². The number of thiol groups is 4. The summed E-state index contributed by atoms with van der Waals surface area (Å²) in [6.07, 6.45) is 4.84. The molecular weight excluding hydrogens is 437 g/mol. The molecule has 0 spiro atoms. The highest BCUT2D eigenvalue weighted by molar-refractivity contribution is 8.18. The van der Waals surface area contributed by atoms with Crippen LogP contribution in [0.1, 0.15) is 25.7 Å². The molecule has 1 atom stereocenters. The van der Waals surface area contributed by atoms with Crippen molar-refractivity contribution in [1.82, 2.24) is 0 Å². The maximum atomic E-state index is 4.36. The van der Waals surface area contributed by atoms with Crippen LogP contribution >= 0.6 is 97.6 Å². The molecule has 0 heterocycles. The van der Waals surface area contributed by atoms with Gasteiger partial charge in [-0.1, -0.05) is 0 Å². The van der Waals surface area contributed by atoms with Crippen molar-refractivity contribution in [2.45, 2.75) is 35.5 Å². The summed E-state index contributed by atoms with van der Waals surface area (Å²) in [6.45, 7) is 0. The van der Waals surface area contributed by atoms with E-state index in [0.717, 1.165) is 28.3 Å². The van der Waals surface area contributed by atoms with Gasteiger partial charge in [-0.05, 0) is 71.7 Å². The summed E-state index contributed by atoms with van der Waals surface area (Å²) < 4.78 is 0.697. The molecule has 0 aromatic rings. The maximum absolute atomic E-state index is 4.36. The van der Waals surface area contributed by atoms with E-state index in [-0.39, 0.29) is 0 Å². The molecule has 23 heavy (non-hydrogen) atoms. The molecule has 0 N–H and O–H groups in total. The summed E-state index contributed by atoms with van der Waals surface area (Å²) in [5.74, 6) is 10.2. The third kappa shape index (κ3) is 16.7. The van der Waals surface area contributed by atoms with Crippen molar-refractivity contribution in [2.24, 2.45) is 0 Å². The third-order valence-electron chi connectivity index (χ3n) is 2.84. The Bertz CT molecular complexity index is 220. The zero-order valence-corrected chi connectivity index (χ0v) is 20.6. The minimum atomic E-state index is 0.697. The van der Waals surface area contributed by atoms with Gasteiger partial charge in [-0.2, -0.15) is 74.0 Å². The van der Waals surface area contributed by atoms with Gasteiger partial charge in [-0.3, -0.25) is 0 Å². The Balaban J connectivity index is 4.43. The summed E-state index contributed by atoms with van der Waals surface area (Å²) in [5, 5.41) is 0.731. The van der Waals surface area contributed by atoms with Gasteiger partial charge in [-0.25, -0.2) is 0 Å². The van der Waals surface area contributed by atoms with Crippen LogP contribution in [-0.2, 0) is 0 Å². The van der Waals surface area contributed by atoms with E-state index >= 15 is 0 Å². The highest BCUT2D eigenvalue weighted by Crippen LogP contribution is 2.36. The Morgan fingerprint density at radius 3 is 1.48 bits per heavy atom. The van der Waals surface area contributed by atoms with Crippen LogP contribution in [0.5, 0.6) is 0 Å². The Labute approximate surface area is 183 Å². The number of rotatable bonds is 18. The Morgan fingerprint density at radius 2 is 1.00 bits per heavy atom. The molecule has 0 amide bonds. The van der Waals surface area contributed by atoms with Crippen molar-refractivity contribution in [2.75, 3.05) is 51.8 Å². The average Bonchev–Trinajstić information content (AvgIpc) is 2.56. The average molecular weight is 469 g/mol. The molecule has 0 saturated carbocycles. The largest absolute Gasteiger partial charge is 0.179 e. The van der Waals surface area contributed by atoms with Gasteiger partial charge < -0.3 is 0 Å². The van der Waals surface area contributed by atoms with E-state index in [4.69, 9.17) is 0 Å². The first-order valence-corrected chi connectivity index (χ1v) is 15.0. The van der Waals surface area contributed by atoms with Gasteiger partial charge in [0.2, 0.25) is 0 Å². The molecule has 0 rings (SSSR count). The predicted molar refractivity (Wildman–Crippen MR) is 136 cm³/mol. The normalized spacial score (nSPS) is 12.9. The molecule has 0 aliphatic heterocycles. The molecule has 0 fully saturated rings. The molecule has 140 valence electrons. The Morgan fingerprint density at radius 1 is 0.565 bits per heavy atom. The van der Waals surface area contributed by atoms with Crippen LogP contribution in [0.15, 0.2) is 0 Å². The van der Waals surface area contributed by atoms with Crippen LogP contribution in [0.2, 0.25) is 0 Å². The second-order valence-corrected chi connectivity index (χ2v) is 12.0. The minimum absolute atomic E-state index is 0.697. The van der Waals surface area contributed by atoms with E-state index in [1.54, 1.807) is 0 Å². The van der Waals surface area contributed by atoms with E-state index < -0.39 is 0 Å². The molecular formula is C15H32S8. The summed E-state index contributed by atoms with van der Waals surface area (Å²) >= 11 is 25.9. The fourth-order valence-corrected chi connectivity index (χ4v) is 9.39. The summed E-state index contributed by atoms with van der Waals surface area (Å²) in [5.41, 5.74) is 0. The van der Waals surface area contributed by atoms with Gasteiger partial charge in [0.25, 0.3) is 0 Å². The van der Waals surface area contributed by atoms with Crippen molar-refractivity contribution in [3.8, 4) is 0 Å². The van der Waals surface area contributed by atoms with Crippen molar-refractivity contribution in [1.29, 1.82) is 0 Å². The SMILES string of the molecule is SCCCSCC(SCCCS)C(SCCCS)SCCCS. The fourth-order valence-electron chi connectivity index (χ4n) is 1.66. The van der Waals surface area contributed by atoms with E-state index in [9.17, 15) is 0 Å². The van der Waals surface area contributed by atoms with Crippen molar-refractivity contribution >= 4 is 97.6 Å². The van der Waals surface area contributed by atoms with Gasteiger partial charge in [-0.15, -0.1) is 23.5 Å². The molecule has 8 heteroatoms. The van der Waals surface area contributed by atoms with Crippen LogP contribution in [0, 0.1) is 0 Å². The van der Waals surface area contributed by atoms with Crippen LogP contribution in [0.4, 0.5) is 0 Å². The zero-order chi connectivity index (χ0) is 17.2. The molecule has 0 aromatic heterocycles. The van der Waals surface area contributed by atoms with Gasteiger partial charge in [0.15, 0.2) is 0 Å². The van der Waals surface area contributed by atoms with Crippen LogP contribution in [0.3, 0.4) is 0 Å². The molecule has 0 saturated heterocycles. The second kappa shape index (κ2) is 21.1. The summed E-state index contributed by atoms with van der Waals surface area (Å²) in [7, 11) is 0. The van der Waals surface area contributed by atoms with Gasteiger partial charge in [0, 0.05) is 11.0 Å². The van der Waals surface area contributed by atoms with E-state index in [1.165, 1.54) is 54.4 Å². The quantitative estimate of drug-likeness (QED) is 0.112. The number of hydrogen-bond donors (Lipinski definition) is 4. The first kappa shape index (κ1) is 25.8. The van der Waals surface area contributed by atoms with Crippen molar-refractivity contribution in [3.63, 3.8) is 0 Å². The highest BCUT2D eigenvalue weighted by atomic mass is 32.2. The van der Waals surface area contributed by atoms with Crippen molar-refractivity contribution in [3.05, 3.63) is 0 Å². The van der Waals surface area contributed by atoms with Crippen LogP contribution < -0.4 is 0 Å². The lowest BCUT2D eigenvalue weighted by atomic mass is 10.5. The van der Waals surface area contributed by atoms with Crippen LogP contribution in [0.25, 0.3) is 0 Å². The Kier molecular flexibility index (Phi) is 23.7. The summed E-state index contributed by atoms with van der Waals surface area (Å²) in [4.78, 5) is 0. The molecule has 0 aliphatic carbocycles. The lowest BCUT2D eigenvalue weighted by Gasteiger charge is -2.26. The zero-order valence-electron chi connectivity index (χ0n) is 13.8. The topological polar surface area (TPSA) is 0 Å². The van der Waals surface area contributed by atoms with E-state index in [1.807, 2.05) is 0 Å². The molecule has 1 unspecified atom stereocenters. The lowest BCUT2D eigenvalue weighted by Crippen LogP contribution is -2.22. The third-order valence-corrected chi connectivity index (χ3v) is 10.4. The maximum Gasteiger partial charge on any atom is 0.0628 e. The van der Waals surface area contributed by atoms with Gasteiger partial charge >= 0.3 is 0 Å². The standard InChI is InChI=1S/C15H32S8/c16-5-1-9-20-13-14(21-10-2-6-17)15(22-11-3-7-18)23-12-4-8-19/h14-19H,1-13H2. The number of hydrogen-bond acceptors (Lipinski definition) is 8. The second-order valence-electron chi connectivity index (χ2n) is 4.90. The first-order chi connectivity index (χ1) is 11.3. The smallest absolute Gasteiger partial charge is 0.0628 e. The Hall–Kier alpha value is 2.80. The molecule has 0 radical (unpaired) electrons. The van der Waals surface area contributed by atoms with E-state index in [0.29, 0.717) is 4.58 Å². The first-order valence-electron chi connectivity index (χ1n) is 8.16. The van der Waals surface area contributed by atoms with Gasteiger partial charge in [0.1, 0.15) is 0 Å². The lowest BCUT2D eigenvalue weighted by molar-refractivity contribution is 1.04. The minimum Gasteiger partial charge on any atom is -0.179 e. The van der Waals surface area contributed by atoms with Crippen LogP contribution in [-0.4, -0.2) is 61.6 Å². The monoisotopic (exact) mass is 468 g/mol. The molecule has 0 aromatic carbocycles. The summed E-state index contributed by atoms with van der Waals surface area (Å²) in [6, 6.07) is 0.